The summed E-state index contributed by atoms with van der Waals surface area (Å²) in [5.74, 6) is 2.99. The molecule has 0 amide bonds. The number of hydrogen-bond acceptors (Lipinski definition) is 9. The van der Waals surface area contributed by atoms with Gasteiger partial charge in [-0.2, -0.15) is 9.97 Å². The first-order valence-electron chi connectivity index (χ1n) is 8.70. The van der Waals surface area contributed by atoms with Crippen molar-refractivity contribution in [2.75, 3.05) is 49.6 Å². The van der Waals surface area contributed by atoms with Gasteiger partial charge in [-0.1, -0.05) is 5.16 Å². The number of morpholine rings is 1. The summed E-state index contributed by atoms with van der Waals surface area (Å²) >= 11 is 0. The summed E-state index contributed by atoms with van der Waals surface area (Å²) in [5, 5.41) is 7.42. The van der Waals surface area contributed by atoms with Crippen LogP contribution in [0.3, 0.4) is 0 Å². The van der Waals surface area contributed by atoms with E-state index in [1.165, 1.54) is 0 Å². The van der Waals surface area contributed by atoms with Gasteiger partial charge in [-0.25, -0.2) is 4.98 Å². The summed E-state index contributed by atoms with van der Waals surface area (Å²) in [6.45, 7) is 7.68. The Kier molecular flexibility index (Phi) is 4.75. The molecule has 0 aromatic carbocycles. The SMILES string of the molecule is Cc1nc(CN2CCC(Nc3nccc(N4CCOCC4)n3)C2)no1. The second kappa shape index (κ2) is 7.32. The van der Waals surface area contributed by atoms with Crippen LogP contribution in [0, 0.1) is 6.92 Å². The van der Waals surface area contributed by atoms with Crippen molar-refractivity contribution in [1.29, 1.82) is 0 Å². The maximum atomic E-state index is 5.40. The number of nitrogens with one attached hydrogen (secondary N) is 1. The van der Waals surface area contributed by atoms with Gasteiger partial charge in [0.15, 0.2) is 5.82 Å². The van der Waals surface area contributed by atoms with Gasteiger partial charge in [0, 0.05) is 45.3 Å². The Morgan fingerprint density at radius 1 is 1.24 bits per heavy atom. The summed E-state index contributed by atoms with van der Waals surface area (Å²) in [6, 6.07) is 2.28. The maximum absolute atomic E-state index is 5.40. The molecule has 2 aromatic rings. The Labute approximate surface area is 146 Å². The highest BCUT2D eigenvalue weighted by Gasteiger charge is 2.24. The number of likely N-dealkylation sites (tertiary alicyclic amines) is 1. The van der Waals surface area contributed by atoms with E-state index in [0.29, 0.717) is 24.4 Å². The van der Waals surface area contributed by atoms with Gasteiger partial charge in [-0.15, -0.1) is 0 Å². The monoisotopic (exact) mass is 345 g/mol. The molecule has 134 valence electrons. The van der Waals surface area contributed by atoms with Crippen LogP contribution in [0.25, 0.3) is 0 Å². The van der Waals surface area contributed by atoms with E-state index in [9.17, 15) is 0 Å². The normalized spacial score (nSPS) is 21.6. The van der Waals surface area contributed by atoms with Crippen LogP contribution in [0.5, 0.6) is 0 Å². The van der Waals surface area contributed by atoms with E-state index >= 15 is 0 Å². The number of nitrogens with zero attached hydrogens (tertiary/aromatic N) is 6. The zero-order valence-electron chi connectivity index (χ0n) is 14.4. The highest BCUT2D eigenvalue weighted by atomic mass is 16.5. The lowest BCUT2D eigenvalue weighted by Crippen LogP contribution is -2.37. The lowest BCUT2D eigenvalue weighted by molar-refractivity contribution is 0.122. The van der Waals surface area contributed by atoms with Crippen molar-refractivity contribution < 1.29 is 9.26 Å². The Bertz CT molecular complexity index is 701. The molecule has 1 N–H and O–H groups in total. The van der Waals surface area contributed by atoms with Gasteiger partial charge < -0.3 is 19.5 Å². The van der Waals surface area contributed by atoms with Gasteiger partial charge in [0.1, 0.15) is 5.82 Å². The molecule has 9 heteroatoms. The fourth-order valence-corrected chi connectivity index (χ4v) is 3.27. The molecule has 2 aromatic heterocycles. The smallest absolute Gasteiger partial charge is 0.224 e. The molecule has 4 heterocycles. The summed E-state index contributed by atoms with van der Waals surface area (Å²) < 4.78 is 10.4. The third-order valence-corrected chi connectivity index (χ3v) is 4.52. The molecule has 0 bridgehead atoms. The van der Waals surface area contributed by atoms with E-state index in [4.69, 9.17) is 9.26 Å². The van der Waals surface area contributed by atoms with Gasteiger partial charge in [0.05, 0.1) is 19.8 Å². The van der Waals surface area contributed by atoms with Crippen molar-refractivity contribution in [2.45, 2.75) is 25.9 Å². The molecule has 0 spiro atoms. The molecule has 1 atom stereocenters. The third kappa shape index (κ3) is 4.05. The minimum absolute atomic E-state index is 0.327. The fraction of sp³-hybridized carbons (Fsp3) is 0.625. The van der Waals surface area contributed by atoms with Crippen molar-refractivity contribution >= 4 is 11.8 Å². The standard InChI is InChI=1S/C16H23N7O2/c1-12-18-14(21-25-12)11-22-5-3-13(10-22)19-16-17-4-2-15(20-16)23-6-8-24-9-7-23/h2,4,13H,3,5-11H2,1H3,(H,17,19,20). The van der Waals surface area contributed by atoms with E-state index in [1.807, 2.05) is 19.2 Å². The lowest BCUT2D eigenvalue weighted by Gasteiger charge is -2.28. The predicted molar refractivity (Wildman–Crippen MR) is 91.4 cm³/mol. The summed E-state index contributed by atoms with van der Waals surface area (Å²) in [7, 11) is 0. The van der Waals surface area contributed by atoms with Gasteiger partial charge in [0.25, 0.3) is 0 Å². The summed E-state index contributed by atoms with van der Waals surface area (Å²) in [5.41, 5.74) is 0. The molecule has 4 rings (SSSR count). The minimum atomic E-state index is 0.327. The number of aryl methyl sites for hydroxylation is 1. The minimum Gasteiger partial charge on any atom is -0.378 e. The quantitative estimate of drug-likeness (QED) is 0.840. The van der Waals surface area contributed by atoms with E-state index in [1.54, 1.807) is 0 Å². The van der Waals surface area contributed by atoms with Crippen molar-refractivity contribution in [3.05, 3.63) is 24.0 Å². The predicted octanol–water partition coefficient (Wildman–Crippen LogP) is 0.691. The van der Waals surface area contributed by atoms with Crippen LogP contribution < -0.4 is 10.2 Å². The summed E-state index contributed by atoms with van der Waals surface area (Å²) in [6.07, 6.45) is 2.86. The van der Waals surface area contributed by atoms with Crippen LogP contribution >= 0.6 is 0 Å². The van der Waals surface area contributed by atoms with Crippen LogP contribution in [0.4, 0.5) is 11.8 Å². The van der Waals surface area contributed by atoms with Gasteiger partial charge in [0.2, 0.25) is 11.8 Å². The molecule has 2 fully saturated rings. The first-order valence-corrected chi connectivity index (χ1v) is 8.70. The molecular weight excluding hydrogens is 322 g/mol. The first kappa shape index (κ1) is 16.2. The highest BCUT2D eigenvalue weighted by molar-refractivity contribution is 5.43. The first-order chi connectivity index (χ1) is 12.3. The molecular formula is C16H23N7O2. The maximum Gasteiger partial charge on any atom is 0.224 e. The molecule has 2 saturated heterocycles. The van der Waals surface area contributed by atoms with Crippen LogP contribution in [0.2, 0.25) is 0 Å². The van der Waals surface area contributed by atoms with Crippen LogP contribution in [-0.2, 0) is 11.3 Å². The molecule has 0 saturated carbocycles. The van der Waals surface area contributed by atoms with E-state index in [0.717, 1.165) is 57.5 Å². The Morgan fingerprint density at radius 2 is 2.12 bits per heavy atom. The Balaban J connectivity index is 1.33. The van der Waals surface area contributed by atoms with Crippen molar-refractivity contribution in [2.24, 2.45) is 0 Å². The topological polar surface area (TPSA) is 92.4 Å². The van der Waals surface area contributed by atoms with Gasteiger partial charge in [-0.3, -0.25) is 4.90 Å². The van der Waals surface area contributed by atoms with Crippen LogP contribution in [0.15, 0.2) is 16.8 Å². The summed E-state index contributed by atoms with van der Waals surface area (Å²) in [4.78, 5) is 17.8. The van der Waals surface area contributed by atoms with Crippen molar-refractivity contribution in [1.82, 2.24) is 25.0 Å². The average molecular weight is 345 g/mol. The number of rotatable bonds is 5. The molecule has 9 nitrogen and oxygen atoms in total. The average Bonchev–Trinajstić information content (AvgIpc) is 3.25. The number of aromatic nitrogens is 4. The van der Waals surface area contributed by atoms with E-state index in [2.05, 4.69) is 35.2 Å². The van der Waals surface area contributed by atoms with Gasteiger partial charge in [-0.05, 0) is 12.5 Å². The Hall–Kier alpha value is -2.26. The Morgan fingerprint density at radius 3 is 2.92 bits per heavy atom. The third-order valence-electron chi connectivity index (χ3n) is 4.52. The molecule has 1 unspecified atom stereocenters. The molecule has 2 aliphatic rings. The van der Waals surface area contributed by atoms with Crippen molar-refractivity contribution in [3.8, 4) is 0 Å². The second-order valence-corrected chi connectivity index (χ2v) is 6.43. The number of anilines is 2. The van der Waals surface area contributed by atoms with Crippen molar-refractivity contribution in [3.63, 3.8) is 0 Å². The second-order valence-electron chi connectivity index (χ2n) is 6.43. The lowest BCUT2D eigenvalue weighted by atomic mass is 10.3. The fourth-order valence-electron chi connectivity index (χ4n) is 3.27. The van der Waals surface area contributed by atoms with Crippen LogP contribution in [-0.4, -0.2) is 70.4 Å². The molecule has 2 aliphatic heterocycles. The molecule has 0 radical (unpaired) electrons. The van der Waals surface area contributed by atoms with Crippen LogP contribution in [0.1, 0.15) is 18.1 Å². The van der Waals surface area contributed by atoms with Gasteiger partial charge >= 0.3 is 0 Å². The highest BCUT2D eigenvalue weighted by Crippen LogP contribution is 2.18. The van der Waals surface area contributed by atoms with E-state index < -0.39 is 0 Å². The number of hydrogen-bond donors (Lipinski definition) is 1. The number of ether oxygens (including phenoxy) is 1. The molecule has 25 heavy (non-hydrogen) atoms. The largest absolute Gasteiger partial charge is 0.378 e. The molecule has 0 aliphatic carbocycles. The van der Waals surface area contributed by atoms with E-state index in [-0.39, 0.29) is 0 Å². The zero-order valence-corrected chi connectivity index (χ0v) is 14.4. The zero-order chi connectivity index (χ0) is 17.1.